The van der Waals surface area contributed by atoms with Crippen molar-refractivity contribution in [2.45, 2.75) is 69.1 Å². The van der Waals surface area contributed by atoms with Crippen LogP contribution in [-0.2, 0) is 28.8 Å². The Balaban J connectivity index is 5.53. The van der Waals surface area contributed by atoms with Gasteiger partial charge < -0.3 is 43.4 Å². The van der Waals surface area contributed by atoms with Crippen LogP contribution < -0.4 is 33.2 Å². The largest absolute Gasteiger partial charge is 0.481 e. The van der Waals surface area contributed by atoms with E-state index < -0.39 is 72.6 Å². The topological polar surface area (TPSA) is 257 Å². The molecule has 0 aromatic rings. The maximum Gasteiger partial charge on any atom is 0.326 e. The number of aliphatic carboxylic acids is 2. The Hall–Kier alpha value is -2.91. The zero-order chi connectivity index (χ0) is 26.3. The highest BCUT2D eigenvalue weighted by Crippen LogP contribution is 2.06. The Morgan fingerprint density at radius 3 is 1.74 bits per heavy atom. The van der Waals surface area contributed by atoms with Crippen LogP contribution >= 0.6 is 12.6 Å². The molecule has 0 saturated heterocycles. The number of carbonyl (C=O) groups is 6. The maximum atomic E-state index is 12.9. The lowest BCUT2D eigenvalue weighted by atomic mass is 10.0. The van der Waals surface area contributed by atoms with Crippen molar-refractivity contribution in [1.29, 1.82) is 0 Å². The average molecular weight is 507 g/mol. The number of nitrogens with two attached hydrogens (primary N) is 3. The highest BCUT2D eigenvalue weighted by atomic mass is 32.1. The second-order valence-electron chi connectivity index (χ2n) is 7.53. The fourth-order valence-corrected chi connectivity index (χ4v) is 2.91. The van der Waals surface area contributed by atoms with Gasteiger partial charge in [0.05, 0.1) is 6.04 Å². The Morgan fingerprint density at radius 2 is 1.26 bits per heavy atom. The van der Waals surface area contributed by atoms with Gasteiger partial charge in [-0.05, 0) is 38.6 Å². The molecule has 0 fully saturated rings. The van der Waals surface area contributed by atoms with Gasteiger partial charge >= 0.3 is 11.9 Å². The van der Waals surface area contributed by atoms with E-state index in [1.54, 1.807) is 0 Å². The van der Waals surface area contributed by atoms with E-state index in [4.69, 9.17) is 22.3 Å². The van der Waals surface area contributed by atoms with Gasteiger partial charge in [-0.1, -0.05) is 0 Å². The standard InChI is InChI=1S/C19H34N6O8S/c20-8-2-1-3-11(23-16(29)10(21)9-34)17(30)24-12(4-6-14(22)26)18(31)25-13(19(32)33)5-7-15(27)28/h10-13,34H,1-9,20-21H2,(H2,22,26)(H,23,29)(H,24,30)(H,25,31)(H,27,28)(H,32,33). The molecule has 4 amide bonds. The first kappa shape index (κ1) is 31.1. The Kier molecular flexibility index (Phi) is 15.2. The van der Waals surface area contributed by atoms with Crippen LogP contribution in [0.4, 0.5) is 0 Å². The molecule has 4 unspecified atom stereocenters. The van der Waals surface area contributed by atoms with E-state index >= 15 is 0 Å². The number of hydrogen-bond acceptors (Lipinski definition) is 9. The summed E-state index contributed by atoms with van der Waals surface area (Å²) in [6.45, 7) is 0.356. The molecule has 34 heavy (non-hydrogen) atoms. The van der Waals surface area contributed by atoms with Gasteiger partial charge in [0.2, 0.25) is 23.6 Å². The quantitative estimate of drug-likeness (QED) is 0.0674. The van der Waals surface area contributed by atoms with Crippen LogP contribution in [0, 0.1) is 0 Å². The Bertz CT molecular complexity index is 738. The van der Waals surface area contributed by atoms with E-state index in [2.05, 4.69) is 28.6 Å². The average Bonchev–Trinajstić information content (AvgIpc) is 2.77. The van der Waals surface area contributed by atoms with Crippen molar-refractivity contribution in [3.63, 3.8) is 0 Å². The monoisotopic (exact) mass is 506 g/mol. The van der Waals surface area contributed by atoms with Crippen molar-refractivity contribution >= 4 is 48.2 Å². The zero-order valence-corrected chi connectivity index (χ0v) is 19.6. The van der Waals surface area contributed by atoms with Crippen LogP contribution in [0.25, 0.3) is 0 Å². The normalized spacial score (nSPS) is 14.2. The Morgan fingerprint density at radius 1 is 0.765 bits per heavy atom. The van der Waals surface area contributed by atoms with Crippen LogP contribution in [0.2, 0.25) is 0 Å². The summed E-state index contributed by atoms with van der Waals surface area (Å²) in [7, 11) is 0. The molecule has 4 atom stereocenters. The number of hydrogen-bond donors (Lipinski definition) is 9. The smallest absolute Gasteiger partial charge is 0.326 e. The molecule has 0 aromatic carbocycles. The molecule has 0 saturated carbocycles. The van der Waals surface area contributed by atoms with E-state index in [0.717, 1.165) is 0 Å². The number of amides is 4. The predicted molar refractivity (Wildman–Crippen MR) is 123 cm³/mol. The minimum atomic E-state index is -1.54. The van der Waals surface area contributed by atoms with E-state index in [0.29, 0.717) is 19.4 Å². The van der Waals surface area contributed by atoms with Gasteiger partial charge in [-0.25, -0.2) is 4.79 Å². The highest BCUT2D eigenvalue weighted by Gasteiger charge is 2.30. The van der Waals surface area contributed by atoms with Gasteiger partial charge in [0.25, 0.3) is 0 Å². The van der Waals surface area contributed by atoms with Crippen LogP contribution in [-0.4, -0.2) is 82.2 Å². The third-order valence-electron chi connectivity index (χ3n) is 4.69. The number of carboxylic acids is 2. The minimum Gasteiger partial charge on any atom is -0.481 e. The third kappa shape index (κ3) is 13.0. The molecule has 0 heterocycles. The number of unbranched alkanes of at least 4 members (excludes halogenated alkanes) is 1. The molecule has 0 aromatic heterocycles. The van der Waals surface area contributed by atoms with Crippen molar-refractivity contribution in [3.8, 4) is 0 Å². The lowest BCUT2D eigenvalue weighted by molar-refractivity contribution is -0.143. The van der Waals surface area contributed by atoms with Gasteiger partial charge in [-0.3, -0.25) is 24.0 Å². The molecule has 0 aliphatic rings. The molecule has 0 radical (unpaired) electrons. The molecule has 0 aliphatic carbocycles. The van der Waals surface area contributed by atoms with Crippen LogP contribution in [0.5, 0.6) is 0 Å². The van der Waals surface area contributed by atoms with E-state index in [1.165, 1.54) is 0 Å². The first-order valence-electron chi connectivity index (χ1n) is 10.6. The molecule has 14 nitrogen and oxygen atoms in total. The Labute approximate surface area is 202 Å². The summed E-state index contributed by atoms with van der Waals surface area (Å²) in [6.07, 6.45) is -0.262. The molecule has 15 heteroatoms. The third-order valence-corrected chi connectivity index (χ3v) is 5.08. The fourth-order valence-electron chi connectivity index (χ4n) is 2.75. The number of primary amides is 1. The predicted octanol–water partition coefficient (Wildman–Crippen LogP) is -2.96. The second kappa shape index (κ2) is 16.7. The molecule has 0 aliphatic heterocycles. The van der Waals surface area contributed by atoms with Crippen molar-refractivity contribution < 1.29 is 39.0 Å². The van der Waals surface area contributed by atoms with Gasteiger partial charge in [0, 0.05) is 18.6 Å². The van der Waals surface area contributed by atoms with E-state index in [9.17, 15) is 33.9 Å². The molecule has 0 spiro atoms. The molecule has 0 bridgehead atoms. The van der Waals surface area contributed by atoms with Crippen molar-refractivity contribution in [1.82, 2.24) is 16.0 Å². The molecule has 11 N–H and O–H groups in total. The molecular formula is C19H34N6O8S. The summed E-state index contributed by atoms with van der Waals surface area (Å²) >= 11 is 3.94. The number of carboxylic acid groups (broad SMARTS) is 2. The van der Waals surface area contributed by atoms with Gasteiger partial charge in [0.15, 0.2) is 0 Å². The SMILES string of the molecule is NCCCCC(NC(=O)C(N)CS)C(=O)NC(CCC(N)=O)C(=O)NC(CCC(=O)O)C(=O)O. The highest BCUT2D eigenvalue weighted by molar-refractivity contribution is 7.80. The van der Waals surface area contributed by atoms with Crippen molar-refractivity contribution in [2.75, 3.05) is 12.3 Å². The lowest BCUT2D eigenvalue weighted by Gasteiger charge is -2.25. The van der Waals surface area contributed by atoms with Crippen molar-refractivity contribution in [3.05, 3.63) is 0 Å². The van der Waals surface area contributed by atoms with E-state index in [-0.39, 0.29) is 25.0 Å². The van der Waals surface area contributed by atoms with Gasteiger partial charge in [0.1, 0.15) is 18.1 Å². The molecule has 0 rings (SSSR count). The fraction of sp³-hybridized carbons (Fsp3) is 0.684. The summed E-state index contributed by atoms with van der Waals surface area (Å²) in [5, 5.41) is 25.0. The summed E-state index contributed by atoms with van der Waals surface area (Å²) in [5.74, 6) is -5.82. The first-order valence-corrected chi connectivity index (χ1v) is 11.3. The number of rotatable bonds is 18. The number of nitrogens with one attached hydrogen (secondary N) is 3. The second-order valence-corrected chi connectivity index (χ2v) is 7.90. The van der Waals surface area contributed by atoms with Gasteiger partial charge in [-0.15, -0.1) is 0 Å². The van der Waals surface area contributed by atoms with Crippen LogP contribution in [0.15, 0.2) is 0 Å². The summed E-state index contributed by atoms with van der Waals surface area (Å²) in [4.78, 5) is 71.1. The maximum absolute atomic E-state index is 12.9. The summed E-state index contributed by atoms with van der Waals surface area (Å²) in [6, 6.07) is -4.98. The number of thiol groups is 1. The zero-order valence-electron chi connectivity index (χ0n) is 18.7. The van der Waals surface area contributed by atoms with Crippen LogP contribution in [0.1, 0.15) is 44.9 Å². The minimum absolute atomic E-state index is 0.0273. The van der Waals surface area contributed by atoms with E-state index in [1.807, 2.05) is 0 Å². The first-order chi connectivity index (χ1) is 15.9. The lowest BCUT2D eigenvalue weighted by Crippen LogP contribution is -2.57. The summed E-state index contributed by atoms with van der Waals surface area (Å²) in [5.41, 5.74) is 16.2. The summed E-state index contributed by atoms with van der Waals surface area (Å²) < 4.78 is 0. The molecular weight excluding hydrogens is 472 g/mol. The van der Waals surface area contributed by atoms with Crippen LogP contribution in [0.3, 0.4) is 0 Å². The molecule has 194 valence electrons. The van der Waals surface area contributed by atoms with Gasteiger partial charge in [-0.2, -0.15) is 12.6 Å². The van der Waals surface area contributed by atoms with Crippen molar-refractivity contribution in [2.24, 2.45) is 17.2 Å². The number of carbonyl (C=O) groups excluding carboxylic acids is 4.